The minimum atomic E-state index is -0.201. The third-order valence-corrected chi connectivity index (χ3v) is 6.27. The summed E-state index contributed by atoms with van der Waals surface area (Å²) in [4.78, 5) is 17.4. The van der Waals surface area contributed by atoms with Crippen LogP contribution < -0.4 is 11.1 Å². The van der Waals surface area contributed by atoms with Crippen LogP contribution in [-0.2, 0) is 6.42 Å². The first kappa shape index (κ1) is 21.1. The molecule has 2 saturated carbocycles. The fourth-order valence-corrected chi connectivity index (χ4v) is 4.94. The van der Waals surface area contributed by atoms with Crippen molar-refractivity contribution in [3.05, 3.63) is 40.9 Å². The molecule has 1 amide bonds. The van der Waals surface area contributed by atoms with Gasteiger partial charge in [-0.3, -0.25) is 4.79 Å². The number of benzene rings is 1. The van der Waals surface area contributed by atoms with Gasteiger partial charge in [-0.2, -0.15) is 0 Å². The van der Waals surface area contributed by atoms with Crippen molar-refractivity contribution in [1.29, 1.82) is 0 Å². The summed E-state index contributed by atoms with van der Waals surface area (Å²) < 4.78 is 1.68. The van der Waals surface area contributed by atoms with E-state index in [1.165, 1.54) is 6.42 Å². The largest absolute Gasteiger partial charge is 0.346 e. The van der Waals surface area contributed by atoms with Crippen LogP contribution in [0.25, 0.3) is 5.69 Å². The molecule has 28 heavy (non-hydrogen) atoms. The van der Waals surface area contributed by atoms with E-state index < -0.39 is 0 Å². The normalized spacial score (nSPS) is 26.4. The van der Waals surface area contributed by atoms with E-state index in [1.807, 2.05) is 31.2 Å². The van der Waals surface area contributed by atoms with Crippen LogP contribution in [0.3, 0.4) is 0 Å². The molecule has 1 aromatic heterocycles. The predicted octanol–water partition coefficient (Wildman–Crippen LogP) is 3.54. The molecule has 2 unspecified atom stereocenters. The minimum absolute atomic E-state index is 0. The van der Waals surface area contributed by atoms with Crippen molar-refractivity contribution in [3.8, 4) is 5.69 Å². The molecule has 0 aliphatic heterocycles. The third kappa shape index (κ3) is 4.04. The minimum Gasteiger partial charge on any atom is -0.346 e. The highest BCUT2D eigenvalue weighted by atomic mass is 35.5. The zero-order chi connectivity index (χ0) is 19.0. The fraction of sp³-hybridized carbons (Fsp3) is 0.550. The second kappa shape index (κ2) is 8.80. The number of hydrogen-bond acceptors (Lipinski definition) is 4. The van der Waals surface area contributed by atoms with Gasteiger partial charge in [0.25, 0.3) is 5.91 Å². The maximum absolute atomic E-state index is 12.9. The number of nitrogens with zero attached hydrogens (tertiary/aromatic N) is 3. The summed E-state index contributed by atoms with van der Waals surface area (Å²) in [5.41, 5.74) is 6.93. The first-order chi connectivity index (χ1) is 13.1. The molecule has 1 aromatic carbocycles. The highest BCUT2D eigenvalue weighted by molar-refractivity contribution is 6.32. The number of fused-ring (bicyclic) bond motifs is 2. The van der Waals surface area contributed by atoms with Gasteiger partial charge in [-0.25, -0.2) is 9.67 Å². The maximum Gasteiger partial charge on any atom is 0.291 e. The predicted molar refractivity (Wildman–Crippen MR) is 112 cm³/mol. The number of halogens is 2. The molecule has 0 radical (unpaired) electrons. The fourth-order valence-electron chi connectivity index (χ4n) is 4.73. The summed E-state index contributed by atoms with van der Waals surface area (Å²) in [6, 6.07) is 7.90. The van der Waals surface area contributed by atoms with Crippen LogP contribution in [0.15, 0.2) is 24.3 Å². The number of aryl methyl sites for hydroxylation is 1. The van der Waals surface area contributed by atoms with E-state index in [9.17, 15) is 4.79 Å². The van der Waals surface area contributed by atoms with Gasteiger partial charge < -0.3 is 11.1 Å². The molecule has 6 nitrogen and oxygen atoms in total. The van der Waals surface area contributed by atoms with Crippen molar-refractivity contribution in [2.75, 3.05) is 0 Å². The number of aromatic nitrogens is 3. The number of carbonyl (C=O) groups is 1. The first-order valence-electron chi connectivity index (χ1n) is 9.84. The van der Waals surface area contributed by atoms with E-state index in [0.29, 0.717) is 23.3 Å². The third-order valence-electron chi connectivity index (χ3n) is 5.95. The Balaban J connectivity index is 0.00000225. The number of amides is 1. The number of hydrogen-bond donors (Lipinski definition) is 2. The lowest BCUT2D eigenvalue weighted by Gasteiger charge is -2.45. The van der Waals surface area contributed by atoms with Crippen LogP contribution in [0.5, 0.6) is 0 Å². The topological polar surface area (TPSA) is 85.8 Å². The van der Waals surface area contributed by atoms with Crippen molar-refractivity contribution < 1.29 is 4.79 Å². The molecule has 2 atom stereocenters. The number of para-hydroxylation sites is 1. The zero-order valence-corrected chi connectivity index (χ0v) is 17.5. The highest BCUT2D eigenvalue weighted by Crippen LogP contribution is 2.39. The van der Waals surface area contributed by atoms with Crippen LogP contribution in [0.1, 0.15) is 55.5 Å². The Bertz CT molecular complexity index is 826. The van der Waals surface area contributed by atoms with Crippen LogP contribution in [-0.4, -0.2) is 32.8 Å². The SMILES string of the molecule is CCc1nc(C(=O)NC2C3CCCC2CC(N)C3)nn1-c1ccccc1Cl.Cl. The van der Waals surface area contributed by atoms with E-state index in [2.05, 4.69) is 15.4 Å². The molecule has 152 valence electrons. The average molecular weight is 424 g/mol. The van der Waals surface area contributed by atoms with Crippen LogP contribution in [0, 0.1) is 11.8 Å². The second-order valence-corrected chi connectivity index (χ2v) is 8.16. The first-order valence-corrected chi connectivity index (χ1v) is 10.2. The summed E-state index contributed by atoms with van der Waals surface area (Å²) in [6.45, 7) is 1.99. The van der Waals surface area contributed by atoms with Gasteiger partial charge in [-0.15, -0.1) is 17.5 Å². The molecule has 2 aromatic rings. The molecule has 2 fully saturated rings. The molecule has 1 heterocycles. The number of carbonyl (C=O) groups excluding carboxylic acids is 1. The van der Waals surface area contributed by atoms with E-state index in [4.69, 9.17) is 17.3 Å². The Hall–Kier alpha value is -1.63. The van der Waals surface area contributed by atoms with E-state index in [1.54, 1.807) is 4.68 Å². The maximum atomic E-state index is 12.9. The van der Waals surface area contributed by atoms with Gasteiger partial charge in [0.05, 0.1) is 10.7 Å². The molecule has 2 bridgehead atoms. The lowest BCUT2D eigenvalue weighted by Crippen LogP contribution is -2.53. The Morgan fingerprint density at radius 1 is 1.29 bits per heavy atom. The van der Waals surface area contributed by atoms with E-state index in [0.717, 1.165) is 37.2 Å². The van der Waals surface area contributed by atoms with E-state index >= 15 is 0 Å². The summed E-state index contributed by atoms with van der Waals surface area (Å²) in [7, 11) is 0. The van der Waals surface area contributed by atoms with Crippen LogP contribution in [0.4, 0.5) is 0 Å². The zero-order valence-electron chi connectivity index (χ0n) is 16.0. The quantitative estimate of drug-likeness (QED) is 0.786. The Kier molecular flexibility index (Phi) is 6.63. The van der Waals surface area contributed by atoms with Gasteiger partial charge in [0.15, 0.2) is 0 Å². The summed E-state index contributed by atoms with van der Waals surface area (Å²) in [5.74, 6) is 1.66. The molecular formula is C20H27Cl2N5O. The molecular weight excluding hydrogens is 397 g/mol. The summed E-state index contributed by atoms with van der Waals surface area (Å²) in [5, 5.41) is 8.28. The Morgan fingerprint density at radius 2 is 1.96 bits per heavy atom. The number of nitrogens with two attached hydrogens (primary N) is 1. The van der Waals surface area contributed by atoms with Gasteiger partial charge >= 0.3 is 0 Å². The average Bonchev–Trinajstić information content (AvgIpc) is 3.07. The lowest BCUT2D eigenvalue weighted by atomic mass is 9.67. The van der Waals surface area contributed by atoms with Gasteiger partial charge in [0.2, 0.25) is 5.82 Å². The summed E-state index contributed by atoms with van der Waals surface area (Å²) in [6.07, 6.45) is 6.14. The van der Waals surface area contributed by atoms with Gasteiger partial charge in [0.1, 0.15) is 5.82 Å². The molecule has 4 rings (SSSR count). The monoisotopic (exact) mass is 423 g/mol. The van der Waals surface area contributed by atoms with Crippen molar-refractivity contribution in [2.45, 2.75) is 57.5 Å². The Labute approximate surface area is 176 Å². The second-order valence-electron chi connectivity index (χ2n) is 7.75. The van der Waals surface area contributed by atoms with Crippen molar-refractivity contribution >= 4 is 29.9 Å². The summed E-state index contributed by atoms with van der Waals surface area (Å²) >= 11 is 6.31. The highest BCUT2D eigenvalue weighted by Gasteiger charge is 2.40. The standard InChI is InChI=1S/C20H26ClN5O.ClH/c1-2-17-23-19(25-26(17)16-9-4-3-8-15(16)21)20(27)24-18-12-6-5-7-13(18)11-14(22)10-12;/h3-4,8-9,12-14,18H,2,5-7,10-11,22H2,1H3,(H,24,27);1H. The van der Waals surface area contributed by atoms with Crippen molar-refractivity contribution in [1.82, 2.24) is 20.1 Å². The van der Waals surface area contributed by atoms with Crippen molar-refractivity contribution in [3.63, 3.8) is 0 Å². The molecule has 0 spiro atoms. The van der Waals surface area contributed by atoms with Crippen LogP contribution in [0.2, 0.25) is 5.02 Å². The molecule has 8 heteroatoms. The molecule has 2 aliphatic rings. The molecule has 2 aliphatic carbocycles. The lowest BCUT2D eigenvalue weighted by molar-refractivity contribution is 0.0747. The van der Waals surface area contributed by atoms with Gasteiger partial charge in [0, 0.05) is 18.5 Å². The van der Waals surface area contributed by atoms with Gasteiger partial charge in [-0.1, -0.05) is 37.1 Å². The van der Waals surface area contributed by atoms with Crippen molar-refractivity contribution in [2.24, 2.45) is 17.6 Å². The van der Waals surface area contributed by atoms with Gasteiger partial charge in [-0.05, 0) is 49.7 Å². The Morgan fingerprint density at radius 3 is 2.61 bits per heavy atom. The van der Waals surface area contributed by atoms with Crippen LogP contribution >= 0.6 is 24.0 Å². The van der Waals surface area contributed by atoms with E-state index in [-0.39, 0.29) is 36.2 Å². The molecule has 0 saturated heterocycles. The molecule has 3 N–H and O–H groups in total. The smallest absolute Gasteiger partial charge is 0.291 e. The number of nitrogens with one attached hydrogen (secondary N) is 1. The number of rotatable bonds is 4.